The monoisotopic (exact) mass is 368 g/mol. The summed E-state index contributed by atoms with van der Waals surface area (Å²) in [7, 11) is 0. The molecular weight excluding hydrogens is 344 g/mol. The molecule has 1 heterocycles. The molecule has 27 heavy (non-hydrogen) atoms. The highest BCUT2D eigenvalue weighted by atomic mass is 16.5. The van der Waals surface area contributed by atoms with Crippen LogP contribution in [-0.4, -0.2) is 66.1 Å². The van der Waals surface area contributed by atoms with E-state index in [9.17, 15) is 9.59 Å². The zero-order valence-electron chi connectivity index (χ0n) is 15.2. The first-order valence-electron chi connectivity index (χ1n) is 9.12. The molecule has 2 aromatic rings. The summed E-state index contributed by atoms with van der Waals surface area (Å²) >= 11 is 0. The summed E-state index contributed by atoms with van der Waals surface area (Å²) in [6, 6.07) is 16.6. The van der Waals surface area contributed by atoms with E-state index in [0.29, 0.717) is 30.8 Å². The van der Waals surface area contributed by atoms with Gasteiger partial charge in [0, 0.05) is 38.3 Å². The van der Waals surface area contributed by atoms with Crippen molar-refractivity contribution in [1.82, 2.24) is 9.80 Å². The molecule has 0 spiro atoms. The van der Waals surface area contributed by atoms with Crippen LogP contribution in [0.3, 0.4) is 0 Å². The lowest BCUT2D eigenvalue weighted by molar-refractivity contribution is -0.136. The molecule has 6 heteroatoms. The minimum Gasteiger partial charge on any atom is -0.492 e. The number of nitrogens with zero attached hydrogens (tertiary/aromatic N) is 2. The van der Waals surface area contributed by atoms with E-state index < -0.39 is 5.97 Å². The van der Waals surface area contributed by atoms with Crippen molar-refractivity contribution < 1.29 is 19.4 Å². The summed E-state index contributed by atoms with van der Waals surface area (Å²) in [5.74, 6) is -0.00355. The number of piperazine rings is 1. The van der Waals surface area contributed by atoms with Crippen molar-refractivity contribution in [2.24, 2.45) is 0 Å². The summed E-state index contributed by atoms with van der Waals surface area (Å²) in [4.78, 5) is 27.5. The van der Waals surface area contributed by atoms with Gasteiger partial charge in [0.25, 0.3) is 5.91 Å². The smallest absolute Gasteiger partial charge is 0.307 e. The van der Waals surface area contributed by atoms with Crippen molar-refractivity contribution >= 4 is 11.9 Å². The number of hydrogen-bond acceptors (Lipinski definition) is 4. The number of aliphatic carboxylic acids is 1. The number of para-hydroxylation sites is 1. The third-order valence-corrected chi connectivity index (χ3v) is 4.64. The van der Waals surface area contributed by atoms with E-state index in [-0.39, 0.29) is 12.3 Å². The van der Waals surface area contributed by atoms with Gasteiger partial charge >= 0.3 is 5.97 Å². The van der Waals surface area contributed by atoms with Crippen molar-refractivity contribution in [3.8, 4) is 5.75 Å². The summed E-state index contributed by atoms with van der Waals surface area (Å²) in [5, 5.41) is 8.81. The number of ether oxygens (including phenoxy) is 1. The van der Waals surface area contributed by atoms with E-state index >= 15 is 0 Å². The number of hydrogen-bond donors (Lipinski definition) is 1. The zero-order valence-corrected chi connectivity index (χ0v) is 15.2. The van der Waals surface area contributed by atoms with Crippen molar-refractivity contribution in [2.75, 3.05) is 39.3 Å². The Morgan fingerprint density at radius 3 is 2.22 bits per heavy atom. The van der Waals surface area contributed by atoms with E-state index in [0.717, 1.165) is 25.4 Å². The van der Waals surface area contributed by atoms with Crippen LogP contribution in [0.25, 0.3) is 0 Å². The molecule has 0 aliphatic carbocycles. The lowest BCUT2D eigenvalue weighted by Crippen LogP contribution is -2.49. The minimum atomic E-state index is -0.874. The van der Waals surface area contributed by atoms with Gasteiger partial charge in [0.15, 0.2) is 0 Å². The van der Waals surface area contributed by atoms with Gasteiger partial charge in [-0.2, -0.15) is 0 Å². The Bertz CT molecular complexity index is 754. The maximum absolute atomic E-state index is 12.6. The van der Waals surface area contributed by atoms with Gasteiger partial charge in [-0.05, 0) is 29.8 Å². The molecule has 0 radical (unpaired) electrons. The van der Waals surface area contributed by atoms with E-state index in [1.54, 1.807) is 24.3 Å². The second-order valence-electron chi connectivity index (χ2n) is 6.56. The summed E-state index contributed by atoms with van der Waals surface area (Å²) < 4.78 is 5.73. The molecule has 0 unspecified atom stereocenters. The molecular formula is C21H24N2O4. The number of benzene rings is 2. The number of carboxylic acid groups (broad SMARTS) is 1. The van der Waals surface area contributed by atoms with Gasteiger partial charge in [0.2, 0.25) is 0 Å². The zero-order chi connectivity index (χ0) is 19.1. The maximum Gasteiger partial charge on any atom is 0.307 e. The van der Waals surface area contributed by atoms with Crippen molar-refractivity contribution in [3.05, 3.63) is 65.7 Å². The molecule has 2 aromatic carbocycles. The second-order valence-corrected chi connectivity index (χ2v) is 6.56. The fourth-order valence-electron chi connectivity index (χ4n) is 3.11. The first-order valence-corrected chi connectivity index (χ1v) is 9.12. The molecule has 1 aliphatic heterocycles. The molecule has 6 nitrogen and oxygen atoms in total. The summed E-state index contributed by atoms with van der Waals surface area (Å²) in [5.41, 5.74) is 1.30. The highest BCUT2D eigenvalue weighted by molar-refractivity contribution is 5.94. The van der Waals surface area contributed by atoms with Crippen LogP contribution in [0.1, 0.15) is 15.9 Å². The Kier molecular flexibility index (Phi) is 6.44. The molecule has 1 saturated heterocycles. The molecule has 0 atom stereocenters. The van der Waals surface area contributed by atoms with Gasteiger partial charge in [-0.15, -0.1) is 0 Å². The number of carbonyl (C=O) groups excluding carboxylic acids is 1. The van der Waals surface area contributed by atoms with Crippen molar-refractivity contribution in [3.63, 3.8) is 0 Å². The molecule has 142 valence electrons. The van der Waals surface area contributed by atoms with Crippen LogP contribution >= 0.6 is 0 Å². The van der Waals surface area contributed by atoms with Crippen LogP contribution in [-0.2, 0) is 11.2 Å². The normalized spacial score (nSPS) is 14.7. The van der Waals surface area contributed by atoms with Crippen LogP contribution in [0.5, 0.6) is 5.75 Å². The fraction of sp³-hybridized carbons (Fsp3) is 0.333. The molecule has 1 N–H and O–H groups in total. The Labute approximate surface area is 159 Å². The lowest BCUT2D eigenvalue weighted by Gasteiger charge is -2.34. The van der Waals surface area contributed by atoms with Crippen molar-refractivity contribution in [2.45, 2.75) is 6.42 Å². The SMILES string of the molecule is O=C(O)Cc1ccc(C(=O)N2CCN(CCOc3ccccc3)CC2)cc1. The number of carboxylic acids is 1. The predicted molar refractivity (Wildman–Crippen MR) is 102 cm³/mol. The third kappa shape index (κ3) is 5.56. The Morgan fingerprint density at radius 1 is 0.926 bits per heavy atom. The van der Waals surface area contributed by atoms with E-state index in [4.69, 9.17) is 9.84 Å². The standard InChI is InChI=1S/C21H24N2O4/c24-20(25)16-17-6-8-18(9-7-17)21(26)23-12-10-22(11-13-23)14-15-27-19-4-2-1-3-5-19/h1-9H,10-16H2,(H,24,25). The Morgan fingerprint density at radius 2 is 1.59 bits per heavy atom. The Balaban J connectivity index is 1.43. The summed E-state index contributed by atoms with van der Waals surface area (Å²) in [6.45, 7) is 4.47. The average molecular weight is 368 g/mol. The van der Waals surface area contributed by atoms with Crippen molar-refractivity contribution in [1.29, 1.82) is 0 Å². The highest BCUT2D eigenvalue weighted by Crippen LogP contribution is 2.12. The topological polar surface area (TPSA) is 70.1 Å². The third-order valence-electron chi connectivity index (χ3n) is 4.64. The number of amides is 1. The molecule has 1 fully saturated rings. The minimum absolute atomic E-state index is 0.00272. The van der Waals surface area contributed by atoms with Crippen LogP contribution in [0.2, 0.25) is 0 Å². The fourth-order valence-corrected chi connectivity index (χ4v) is 3.11. The average Bonchev–Trinajstić information content (AvgIpc) is 2.69. The lowest BCUT2D eigenvalue weighted by atomic mass is 10.1. The van der Waals surface area contributed by atoms with Gasteiger partial charge in [-0.25, -0.2) is 0 Å². The van der Waals surface area contributed by atoms with Gasteiger partial charge in [-0.3, -0.25) is 14.5 Å². The first-order chi connectivity index (χ1) is 13.1. The van der Waals surface area contributed by atoms with Crippen LogP contribution in [0.4, 0.5) is 0 Å². The maximum atomic E-state index is 12.6. The summed E-state index contributed by atoms with van der Waals surface area (Å²) in [6.07, 6.45) is -0.0296. The first kappa shape index (κ1) is 18.9. The molecule has 1 amide bonds. The molecule has 0 bridgehead atoms. The van der Waals surface area contributed by atoms with Gasteiger partial charge in [0.1, 0.15) is 12.4 Å². The van der Waals surface area contributed by atoms with Crippen LogP contribution in [0, 0.1) is 0 Å². The van der Waals surface area contributed by atoms with Crippen LogP contribution < -0.4 is 4.74 Å². The molecule has 0 aromatic heterocycles. The van der Waals surface area contributed by atoms with E-state index in [1.807, 2.05) is 35.2 Å². The quantitative estimate of drug-likeness (QED) is 0.811. The van der Waals surface area contributed by atoms with Crippen LogP contribution in [0.15, 0.2) is 54.6 Å². The van der Waals surface area contributed by atoms with E-state index in [1.165, 1.54) is 0 Å². The largest absolute Gasteiger partial charge is 0.492 e. The Hall–Kier alpha value is -2.86. The highest BCUT2D eigenvalue weighted by Gasteiger charge is 2.22. The number of rotatable bonds is 7. The molecule has 1 aliphatic rings. The van der Waals surface area contributed by atoms with E-state index in [2.05, 4.69) is 4.90 Å². The van der Waals surface area contributed by atoms with Gasteiger partial charge in [-0.1, -0.05) is 30.3 Å². The van der Waals surface area contributed by atoms with Gasteiger partial charge in [0.05, 0.1) is 6.42 Å². The predicted octanol–water partition coefficient (Wildman–Crippen LogP) is 2.15. The second kappa shape index (κ2) is 9.19. The molecule has 0 saturated carbocycles. The number of carbonyl (C=O) groups is 2. The molecule has 3 rings (SSSR count). The van der Waals surface area contributed by atoms with Gasteiger partial charge < -0.3 is 14.7 Å².